The Morgan fingerprint density at radius 1 is 1.47 bits per heavy atom. The van der Waals surface area contributed by atoms with Crippen molar-refractivity contribution in [3.8, 4) is 0 Å². The van der Waals surface area contributed by atoms with Crippen LogP contribution >= 0.6 is 15.9 Å². The van der Waals surface area contributed by atoms with Crippen molar-refractivity contribution in [3.05, 3.63) is 34.1 Å². The molecule has 0 N–H and O–H groups in total. The molecule has 0 aliphatic carbocycles. The maximum atomic E-state index is 13.2. The van der Waals surface area contributed by atoms with Crippen LogP contribution in [0, 0.1) is 5.82 Å². The third-order valence-corrected chi connectivity index (χ3v) is 2.25. The fraction of sp³-hybridized carbons (Fsp3) is 0.200. The van der Waals surface area contributed by atoms with Crippen molar-refractivity contribution in [1.29, 1.82) is 0 Å². The van der Waals surface area contributed by atoms with Gasteiger partial charge in [0.1, 0.15) is 12.2 Å². The minimum absolute atomic E-state index is 0.116. The first-order valence-corrected chi connectivity index (χ1v) is 4.89. The summed E-state index contributed by atoms with van der Waals surface area (Å²) in [5, 5.41) is 0. The molecule has 0 fully saturated rings. The van der Waals surface area contributed by atoms with Crippen LogP contribution in [-0.4, -0.2) is 18.9 Å². The molecule has 0 atom stereocenters. The highest BCUT2D eigenvalue weighted by Crippen LogP contribution is 2.17. The minimum atomic E-state index is -0.681. The second kappa shape index (κ2) is 5.02. The zero-order valence-corrected chi connectivity index (χ0v) is 9.51. The largest absolute Gasteiger partial charge is 0.469 e. The summed E-state index contributed by atoms with van der Waals surface area (Å²) in [6.07, 6.45) is -0.454. The van der Waals surface area contributed by atoms with Crippen molar-refractivity contribution in [3.63, 3.8) is 0 Å². The third-order valence-electron chi connectivity index (χ3n) is 1.76. The number of hydrogen-bond donors (Lipinski definition) is 0. The number of hydrogen-bond acceptors (Lipinski definition) is 3. The zero-order valence-electron chi connectivity index (χ0n) is 7.92. The number of rotatable bonds is 3. The molecule has 0 spiro atoms. The summed E-state index contributed by atoms with van der Waals surface area (Å²) < 4.78 is 18.1. The Hall–Kier alpha value is -1.23. The molecule has 0 heterocycles. The molecule has 0 radical (unpaired) electrons. The smallest absolute Gasteiger partial charge is 0.313 e. The van der Waals surface area contributed by atoms with E-state index >= 15 is 0 Å². The molecule has 0 aromatic heterocycles. The average Bonchev–Trinajstić information content (AvgIpc) is 2.21. The SMILES string of the molecule is COC(=O)CC(=O)c1cc(Br)ccc1F. The number of methoxy groups -OCH3 is 1. The van der Waals surface area contributed by atoms with Gasteiger partial charge in [-0.15, -0.1) is 0 Å². The topological polar surface area (TPSA) is 43.4 Å². The van der Waals surface area contributed by atoms with Gasteiger partial charge in [-0.1, -0.05) is 15.9 Å². The lowest BCUT2D eigenvalue weighted by atomic mass is 10.1. The average molecular weight is 275 g/mol. The third kappa shape index (κ3) is 3.13. The number of Topliss-reactive ketones (excluding diaryl/α,β-unsaturated/α-hetero) is 1. The molecule has 80 valence electrons. The van der Waals surface area contributed by atoms with Crippen molar-refractivity contribution >= 4 is 27.7 Å². The summed E-state index contributed by atoms with van der Waals surface area (Å²) >= 11 is 3.11. The van der Waals surface area contributed by atoms with E-state index in [0.29, 0.717) is 4.47 Å². The lowest BCUT2D eigenvalue weighted by Crippen LogP contribution is -2.11. The highest BCUT2D eigenvalue weighted by atomic mass is 79.9. The van der Waals surface area contributed by atoms with Crippen LogP contribution < -0.4 is 0 Å². The van der Waals surface area contributed by atoms with Gasteiger partial charge in [-0.25, -0.2) is 4.39 Å². The molecule has 15 heavy (non-hydrogen) atoms. The summed E-state index contributed by atoms with van der Waals surface area (Å²) in [7, 11) is 1.17. The van der Waals surface area contributed by atoms with Crippen molar-refractivity contribution in [1.82, 2.24) is 0 Å². The molecule has 0 aliphatic heterocycles. The number of benzene rings is 1. The zero-order chi connectivity index (χ0) is 11.4. The number of esters is 1. The number of carbonyl (C=O) groups is 2. The van der Waals surface area contributed by atoms with Crippen LogP contribution in [0.5, 0.6) is 0 Å². The van der Waals surface area contributed by atoms with Gasteiger partial charge in [-0.05, 0) is 18.2 Å². The molecule has 0 saturated carbocycles. The van der Waals surface area contributed by atoms with E-state index in [1.165, 1.54) is 19.2 Å². The highest BCUT2D eigenvalue weighted by Gasteiger charge is 2.16. The van der Waals surface area contributed by atoms with E-state index in [1.807, 2.05) is 0 Å². The first-order valence-electron chi connectivity index (χ1n) is 4.09. The first-order chi connectivity index (χ1) is 7.04. The van der Waals surface area contributed by atoms with Gasteiger partial charge in [0.15, 0.2) is 5.78 Å². The van der Waals surface area contributed by atoms with E-state index < -0.39 is 24.0 Å². The maximum absolute atomic E-state index is 13.2. The normalized spacial score (nSPS) is 9.80. The van der Waals surface area contributed by atoms with Crippen LogP contribution in [0.1, 0.15) is 16.8 Å². The molecule has 0 saturated heterocycles. The van der Waals surface area contributed by atoms with Gasteiger partial charge >= 0.3 is 5.97 Å². The molecule has 1 aromatic carbocycles. The first kappa shape index (κ1) is 11.8. The Kier molecular flexibility index (Phi) is 3.96. The van der Waals surface area contributed by atoms with Crippen molar-refractivity contribution < 1.29 is 18.7 Å². The molecule has 3 nitrogen and oxygen atoms in total. The molecule has 1 rings (SSSR count). The summed E-state index contributed by atoms with van der Waals surface area (Å²) in [5.41, 5.74) is -0.116. The number of ether oxygens (including phenoxy) is 1. The van der Waals surface area contributed by atoms with E-state index in [2.05, 4.69) is 20.7 Å². The van der Waals surface area contributed by atoms with Gasteiger partial charge in [0.2, 0.25) is 0 Å². The van der Waals surface area contributed by atoms with Gasteiger partial charge in [-0.3, -0.25) is 9.59 Å². The molecule has 1 aromatic rings. The second-order valence-electron chi connectivity index (χ2n) is 2.80. The van der Waals surface area contributed by atoms with Crippen LogP contribution in [0.2, 0.25) is 0 Å². The molecule has 0 amide bonds. The number of halogens is 2. The van der Waals surface area contributed by atoms with Crippen LogP contribution in [-0.2, 0) is 9.53 Å². The van der Waals surface area contributed by atoms with E-state index in [-0.39, 0.29) is 5.56 Å². The fourth-order valence-electron chi connectivity index (χ4n) is 1.01. The molecular formula is C10H8BrFO3. The fourth-order valence-corrected chi connectivity index (χ4v) is 1.37. The predicted octanol–water partition coefficient (Wildman–Crippen LogP) is 2.33. The van der Waals surface area contributed by atoms with Gasteiger partial charge in [0, 0.05) is 4.47 Å². The van der Waals surface area contributed by atoms with E-state index in [1.54, 1.807) is 0 Å². The number of ketones is 1. The Morgan fingerprint density at radius 3 is 2.73 bits per heavy atom. The van der Waals surface area contributed by atoms with Gasteiger partial charge in [0.25, 0.3) is 0 Å². The van der Waals surface area contributed by atoms with E-state index in [0.717, 1.165) is 6.07 Å². The Morgan fingerprint density at radius 2 is 2.13 bits per heavy atom. The van der Waals surface area contributed by atoms with Gasteiger partial charge < -0.3 is 4.74 Å². The lowest BCUT2D eigenvalue weighted by molar-refractivity contribution is -0.139. The standard InChI is InChI=1S/C10H8BrFO3/c1-15-10(14)5-9(13)7-4-6(11)2-3-8(7)12/h2-4H,5H2,1H3. The summed E-state index contributed by atoms with van der Waals surface area (Å²) in [5.74, 6) is -1.92. The van der Waals surface area contributed by atoms with Gasteiger partial charge in [-0.2, -0.15) is 0 Å². The Bertz CT molecular complexity index is 404. The molecule has 0 bridgehead atoms. The highest BCUT2D eigenvalue weighted by molar-refractivity contribution is 9.10. The van der Waals surface area contributed by atoms with Crippen LogP contribution in [0.3, 0.4) is 0 Å². The van der Waals surface area contributed by atoms with E-state index in [9.17, 15) is 14.0 Å². The predicted molar refractivity (Wildman–Crippen MR) is 55.1 cm³/mol. The van der Waals surface area contributed by atoms with Crippen molar-refractivity contribution in [2.75, 3.05) is 7.11 Å². The van der Waals surface area contributed by atoms with Crippen molar-refractivity contribution in [2.45, 2.75) is 6.42 Å². The summed E-state index contributed by atoms with van der Waals surface area (Å²) in [6.45, 7) is 0. The van der Waals surface area contributed by atoms with Crippen molar-refractivity contribution in [2.24, 2.45) is 0 Å². The van der Waals surface area contributed by atoms with Gasteiger partial charge in [0.05, 0.1) is 12.7 Å². The van der Waals surface area contributed by atoms with Crippen LogP contribution in [0.4, 0.5) is 4.39 Å². The summed E-state index contributed by atoms with van der Waals surface area (Å²) in [6, 6.07) is 3.97. The molecule has 0 aliphatic rings. The maximum Gasteiger partial charge on any atom is 0.313 e. The Balaban J connectivity index is 2.91. The quantitative estimate of drug-likeness (QED) is 0.483. The molecule has 0 unspecified atom stereocenters. The monoisotopic (exact) mass is 274 g/mol. The van der Waals surface area contributed by atoms with E-state index in [4.69, 9.17) is 0 Å². The summed E-state index contributed by atoms with van der Waals surface area (Å²) in [4.78, 5) is 22.2. The van der Waals surface area contributed by atoms with Crippen LogP contribution in [0.25, 0.3) is 0 Å². The lowest BCUT2D eigenvalue weighted by Gasteiger charge is -2.02. The molecular weight excluding hydrogens is 267 g/mol. The Labute approximate surface area is 94.4 Å². The molecule has 5 heteroatoms. The minimum Gasteiger partial charge on any atom is -0.469 e. The van der Waals surface area contributed by atoms with Crippen LogP contribution in [0.15, 0.2) is 22.7 Å². The number of carbonyl (C=O) groups excluding carboxylic acids is 2. The second-order valence-corrected chi connectivity index (χ2v) is 3.72.